The Balaban J connectivity index is 1.07. The van der Waals surface area contributed by atoms with E-state index in [1.54, 1.807) is 12.4 Å². The molecule has 36 heavy (non-hydrogen) atoms. The van der Waals surface area contributed by atoms with Gasteiger partial charge in [-0.2, -0.15) is 0 Å². The molecular weight excluding hydrogens is 465 g/mol. The standard InChI is InChI=1S/C24H24FN9O2/c1-24(25,22(35)34-7-6-18-19(12-34)31-33-30-18)21-32-29-20(13-36-21)16-10-26-23(27-11-16)28-17-8-14-4-2-3-5-15(14)9-17/h2-5,10-11,13,17,21H,6-9,12H2,1H3,(H,26,27,28)(H,30,31,33)/t21?,24-/m1/s1. The van der Waals surface area contributed by atoms with Crippen LogP contribution in [0, 0.1) is 0 Å². The predicted molar refractivity (Wildman–Crippen MR) is 126 cm³/mol. The number of carbonyl (C=O) groups excluding carboxylic acids is 1. The molecule has 1 aliphatic carbocycles. The summed E-state index contributed by atoms with van der Waals surface area (Å²) in [4.78, 5) is 23.1. The molecule has 0 saturated carbocycles. The molecule has 4 heterocycles. The number of amides is 1. The number of aromatic nitrogens is 5. The summed E-state index contributed by atoms with van der Waals surface area (Å²) in [6, 6.07) is 8.62. The van der Waals surface area contributed by atoms with E-state index < -0.39 is 17.8 Å². The van der Waals surface area contributed by atoms with Crippen LogP contribution >= 0.6 is 0 Å². The molecule has 2 N–H and O–H groups in total. The van der Waals surface area contributed by atoms with E-state index in [0.717, 1.165) is 25.5 Å². The number of hydrogen-bond donors (Lipinski definition) is 2. The second-order valence-electron chi connectivity index (χ2n) is 9.31. The van der Waals surface area contributed by atoms with Crippen LogP contribution in [0.5, 0.6) is 0 Å². The molecule has 0 fully saturated rings. The maximum Gasteiger partial charge on any atom is 0.266 e. The van der Waals surface area contributed by atoms with E-state index in [1.807, 2.05) is 12.1 Å². The lowest BCUT2D eigenvalue weighted by Crippen LogP contribution is -2.52. The van der Waals surface area contributed by atoms with Crippen molar-refractivity contribution < 1.29 is 13.9 Å². The maximum absolute atomic E-state index is 15.6. The van der Waals surface area contributed by atoms with Gasteiger partial charge in [0.1, 0.15) is 17.7 Å². The smallest absolute Gasteiger partial charge is 0.266 e. The predicted octanol–water partition coefficient (Wildman–Crippen LogP) is 2.59. The van der Waals surface area contributed by atoms with Gasteiger partial charge < -0.3 is 15.0 Å². The third-order valence-corrected chi connectivity index (χ3v) is 6.76. The topological polar surface area (TPSA) is 134 Å². The average molecular weight is 490 g/mol. The van der Waals surface area contributed by atoms with Gasteiger partial charge in [0.05, 0.1) is 12.2 Å². The van der Waals surface area contributed by atoms with Gasteiger partial charge in [-0.3, -0.25) is 9.89 Å². The van der Waals surface area contributed by atoms with Gasteiger partial charge >= 0.3 is 0 Å². The average Bonchev–Trinajstić information content (AvgIpc) is 3.54. The fourth-order valence-corrected chi connectivity index (χ4v) is 4.73. The molecule has 11 nitrogen and oxygen atoms in total. The molecule has 2 aliphatic heterocycles. The van der Waals surface area contributed by atoms with Gasteiger partial charge in [0.2, 0.25) is 11.6 Å². The van der Waals surface area contributed by atoms with Crippen molar-refractivity contribution in [1.29, 1.82) is 0 Å². The SMILES string of the molecule is C[C@](F)(C(=O)N1CCc2[nH]nnc2C1)C1N=NC(c2cnc(NC3Cc4ccccc4C3)nc2)=CO1. The number of azo groups is 1. The molecular formula is C24H24FN9O2. The van der Waals surface area contributed by atoms with Crippen LogP contribution in [0.15, 0.2) is 53.1 Å². The Morgan fingerprint density at radius 2 is 1.97 bits per heavy atom. The Labute approximate surface area is 205 Å². The van der Waals surface area contributed by atoms with Crippen LogP contribution < -0.4 is 5.32 Å². The molecule has 1 amide bonds. The fraction of sp³-hybridized carbons (Fsp3) is 0.375. The van der Waals surface area contributed by atoms with Crippen molar-refractivity contribution in [3.63, 3.8) is 0 Å². The highest BCUT2D eigenvalue weighted by atomic mass is 19.1. The lowest BCUT2D eigenvalue weighted by molar-refractivity contribution is -0.152. The minimum atomic E-state index is -2.41. The van der Waals surface area contributed by atoms with E-state index in [-0.39, 0.29) is 12.6 Å². The second kappa shape index (κ2) is 8.77. The van der Waals surface area contributed by atoms with Crippen molar-refractivity contribution >= 4 is 17.6 Å². The van der Waals surface area contributed by atoms with Gasteiger partial charge in [0.15, 0.2) is 0 Å². The second-order valence-corrected chi connectivity index (χ2v) is 9.31. The number of alkyl halides is 1. The van der Waals surface area contributed by atoms with Gasteiger partial charge in [-0.15, -0.1) is 15.3 Å². The summed E-state index contributed by atoms with van der Waals surface area (Å²) in [6.45, 7) is 1.69. The van der Waals surface area contributed by atoms with Crippen LogP contribution in [0.4, 0.5) is 10.3 Å². The van der Waals surface area contributed by atoms with Crippen LogP contribution in [-0.2, 0) is 35.3 Å². The number of benzene rings is 1. The molecule has 2 aromatic heterocycles. The van der Waals surface area contributed by atoms with Gasteiger partial charge in [0.25, 0.3) is 12.1 Å². The number of H-pyrrole nitrogens is 1. The summed E-state index contributed by atoms with van der Waals surface area (Å²) in [5.74, 6) is -0.216. The first-order valence-electron chi connectivity index (χ1n) is 11.8. The molecule has 0 radical (unpaired) electrons. The molecule has 6 rings (SSSR count). The Hall–Kier alpha value is -4.22. The zero-order valence-electron chi connectivity index (χ0n) is 19.6. The monoisotopic (exact) mass is 489 g/mol. The van der Waals surface area contributed by atoms with E-state index in [9.17, 15) is 4.79 Å². The van der Waals surface area contributed by atoms with E-state index in [0.29, 0.717) is 35.9 Å². The minimum absolute atomic E-state index is 0.180. The maximum atomic E-state index is 15.6. The molecule has 0 saturated heterocycles. The number of nitrogens with zero attached hydrogens (tertiary/aromatic N) is 7. The first-order chi connectivity index (χ1) is 17.5. The molecule has 3 aliphatic rings. The molecule has 12 heteroatoms. The molecule has 0 spiro atoms. The number of rotatable bonds is 5. The first kappa shape index (κ1) is 22.3. The lowest BCUT2D eigenvalue weighted by Gasteiger charge is -2.33. The third-order valence-electron chi connectivity index (χ3n) is 6.76. The van der Waals surface area contributed by atoms with E-state index in [1.165, 1.54) is 22.3 Å². The van der Waals surface area contributed by atoms with Gasteiger partial charge in [0, 0.05) is 37.0 Å². The number of aromatic amines is 1. The van der Waals surface area contributed by atoms with Crippen molar-refractivity contribution in [2.45, 2.75) is 50.7 Å². The number of hydrogen-bond acceptors (Lipinski definition) is 9. The van der Waals surface area contributed by atoms with Crippen molar-refractivity contribution in [1.82, 2.24) is 30.3 Å². The Morgan fingerprint density at radius 1 is 1.22 bits per heavy atom. The molecule has 2 atom stereocenters. The molecule has 0 bridgehead atoms. The number of anilines is 1. The fourth-order valence-electron chi connectivity index (χ4n) is 4.73. The van der Waals surface area contributed by atoms with Crippen LogP contribution in [0.2, 0.25) is 0 Å². The Bertz CT molecular complexity index is 1330. The molecule has 1 unspecified atom stereocenters. The first-order valence-corrected chi connectivity index (χ1v) is 11.8. The highest BCUT2D eigenvalue weighted by Crippen LogP contribution is 2.31. The molecule has 1 aromatic carbocycles. The lowest BCUT2D eigenvalue weighted by atomic mass is 10.0. The zero-order chi connectivity index (χ0) is 24.7. The van der Waals surface area contributed by atoms with Crippen molar-refractivity contribution in [2.75, 3.05) is 11.9 Å². The summed E-state index contributed by atoms with van der Waals surface area (Å²) in [5.41, 5.74) is 2.68. The number of halogens is 1. The van der Waals surface area contributed by atoms with Gasteiger partial charge in [-0.1, -0.05) is 29.5 Å². The minimum Gasteiger partial charge on any atom is -0.468 e. The third kappa shape index (κ3) is 4.08. The highest BCUT2D eigenvalue weighted by molar-refractivity contribution is 5.85. The normalized spacial score (nSPS) is 20.7. The quantitative estimate of drug-likeness (QED) is 0.563. The molecule has 3 aromatic rings. The van der Waals surface area contributed by atoms with Crippen LogP contribution in [0.25, 0.3) is 5.70 Å². The van der Waals surface area contributed by atoms with Crippen LogP contribution in [0.1, 0.15) is 35.0 Å². The van der Waals surface area contributed by atoms with Gasteiger partial charge in [-0.25, -0.2) is 14.4 Å². The van der Waals surface area contributed by atoms with Crippen LogP contribution in [0.3, 0.4) is 0 Å². The summed E-state index contributed by atoms with van der Waals surface area (Å²) in [6.07, 6.45) is 5.47. The Kier molecular flexibility index (Phi) is 5.42. The number of nitrogens with one attached hydrogen (secondary N) is 2. The van der Waals surface area contributed by atoms with E-state index in [2.05, 4.69) is 53.1 Å². The number of carbonyl (C=O) groups is 1. The summed E-state index contributed by atoms with van der Waals surface area (Å²) < 4.78 is 21.1. The highest BCUT2D eigenvalue weighted by Gasteiger charge is 2.48. The summed E-state index contributed by atoms with van der Waals surface area (Å²) >= 11 is 0. The van der Waals surface area contributed by atoms with Gasteiger partial charge in [-0.05, 0) is 30.9 Å². The van der Waals surface area contributed by atoms with E-state index >= 15 is 4.39 Å². The van der Waals surface area contributed by atoms with Crippen molar-refractivity contribution in [3.8, 4) is 0 Å². The molecule has 184 valence electrons. The summed E-state index contributed by atoms with van der Waals surface area (Å²) in [5, 5.41) is 21.9. The van der Waals surface area contributed by atoms with Crippen molar-refractivity contribution in [2.24, 2.45) is 10.2 Å². The largest absolute Gasteiger partial charge is 0.468 e. The van der Waals surface area contributed by atoms with Crippen LogP contribution in [-0.4, -0.2) is 60.7 Å². The number of ether oxygens (including phenoxy) is 1. The van der Waals surface area contributed by atoms with Crippen molar-refractivity contribution in [3.05, 3.63) is 71.0 Å². The Morgan fingerprint density at radius 3 is 2.67 bits per heavy atom. The number of fused-ring (bicyclic) bond motifs is 2. The van der Waals surface area contributed by atoms with E-state index in [4.69, 9.17) is 4.74 Å². The zero-order valence-corrected chi connectivity index (χ0v) is 19.6. The summed E-state index contributed by atoms with van der Waals surface area (Å²) in [7, 11) is 0.